The van der Waals surface area contributed by atoms with Gasteiger partial charge in [0.1, 0.15) is 5.82 Å². The van der Waals surface area contributed by atoms with Crippen LogP contribution in [0, 0.1) is 20.8 Å². The number of carbonyl (C=O) groups excluding carboxylic acids is 1. The van der Waals surface area contributed by atoms with Crippen LogP contribution in [-0.2, 0) is 13.1 Å². The van der Waals surface area contributed by atoms with Gasteiger partial charge in [-0.2, -0.15) is 10.2 Å². The second-order valence-electron chi connectivity index (χ2n) is 7.69. The van der Waals surface area contributed by atoms with Gasteiger partial charge in [0, 0.05) is 37.4 Å². The Labute approximate surface area is 170 Å². The highest BCUT2D eigenvalue weighted by Crippen LogP contribution is 2.13. The third-order valence-corrected chi connectivity index (χ3v) is 5.30. The number of rotatable bonds is 5. The zero-order valence-corrected chi connectivity index (χ0v) is 17.2. The lowest BCUT2D eigenvalue weighted by Gasteiger charge is -2.34. The summed E-state index contributed by atoms with van der Waals surface area (Å²) >= 11 is 0. The van der Waals surface area contributed by atoms with Crippen LogP contribution in [-0.4, -0.2) is 66.8 Å². The molecule has 0 spiro atoms. The highest BCUT2D eigenvalue weighted by molar-refractivity contribution is 5.94. The minimum atomic E-state index is 0.0936. The number of hydrogen-bond acceptors (Lipinski definition) is 5. The molecule has 4 rings (SSSR count). The summed E-state index contributed by atoms with van der Waals surface area (Å²) in [7, 11) is 0. The highest BCUT2D eigenvalue weighted by Gasteiger charge is 2.23. The molecule has 0 bridgehead atoms. The maximum absolute atomic E-state index is 12.9. The third-order valence-electron chi connectivity index (χ3n) is 5.30. The number of benzene rings is 1. The fraction of sp³-hybridized carbons (Fsp3) is 0.429. The Hall–Kier alpha value is -3.00. The van der Waals surface area contributed by atoms with E-state index in [9.17, 15) is 4.79 Å². The Morgan fingerprint density at radius 2 is 1.76 bits per heavy atom. The molecule has 1 aromatic carbocycles. The van der Waals surface area contributed by atoms with E-state index >= 15 is 0 Å². The van der Waals surface area contributed by atoms with Gasteiger partial charge in [-0.1, -0.05) is 12.1 Å². The Balaban J connectivity index is 1.32. The average molecular weight is 393 g/mol. The molecule has 152 valence electrons. The van der Waals surface area contributed by atoms with Crippen LogP contribution in [0.3, 0.4) is 0 Å². The Morgan fingerprint density at radius 1 is 1.03 bits per heavy atom. The van der Waals surface area contributed by atoms with Gasteiger partial charge < -0.3 is 4.90 Å². The van der Waals surface area contributed by atoms with Gasteiger partial charge in [0.25, 0.3) is 5.91 Å². The van der Waals surface area contributed by atoms with Crippen molar-refractivity contribution in [3.63, 3.8) is 0 Å². The SMILES string of the molecule is Cc1cc(C)n(Cc2ccc(C(=O)N3CCN(Cc4n[nH]c(C)n4)CC3)cc2)n1. The number of piperazine rings is 1. The minimum absolute atomic E-state index is 0.0936. The first-order chi connectivity index (χ1) is 14.0. The van der Waals surface area contributed by atoms with E-state index in [4.69, 9.17) is 0 Å². The third kappa shape index (κ3) is 4.54. The Kier molecular flexibility index (Phi) is 5.44. The van der Waals surface area contributed by atoms with E-state index in [1.807, 2.05) is 47.7 Å². The van der Waals surface area contributed by atoms with Gasteiger partial charge >= 0.3 is 0 Å². The molecular formula is C21H27N7O. The Morgan fingerprint density at radius 3 is 2.34 bits per heavy atom. The van der Waals surface area contributed by atoms with Crippen molar-refractivity contribution in [2.24, 2.45) is 0 Å². The van der Waals surface area contributed by atoms with Gasteiger partial charge in [0.15, 0.2) is 5.82 Å². The predicted octanol–water partition coefficient (Wildman–Crippen LogP) is 1.93. The standard InChI is InChI=1S/C21H27N7O/c1-15-12-16(2)28(25-15)13-18-4-6-19(7-5-18)21(29)27-10-8-26(9-11-27)14-20-22-17(3)23-24-20/h4-7,12H,8-11,13-14H2,1-3H3,(H,22,23,24). The monoisotopic (exact) mass is 393 g/mol. The molecule has 1 saturated heterocycles. The molecule has 0 atom stereocenters. The first-order valence-corrected chi connectivity index (χ1v) is 9.97. The van der Waals surface area contributed by atoms with Gasteiger partial charge in [-0.25, -0.2) is 4.98 Å². The summed E-state index contributed by atoms with van der Waals surface area (Å²) in [5.41, 5.74) is 4.03. The Bertz CT molecular complexity index is 981. The summed E-state index contributed by atoms with van der Waals surface area (Å²) in [6.07, 6.45) is 0. The number of aromatic amines is 1. The lowest BCUT2D eigenvalue weighted by molar-refractivity contribution is 0.0625. The van der Waals surface area contributed by atoms with Crippen LogP contribution in [0.2, 0.25) is 0 Å². The number of H-pyrrole nitrogens is 1. The molecular weight excluding hydrogens is 366 g/mol. The van der Waals surface area contributed by atoms with Crippen LogP contribution in [0.1, 0.15) is 39.0 Å². The fourth-order valence-corrected chi connectivity index (χ4v) is 3.71. The first kappa shape index (κ1) is 19.3. The number of carbonyl (C=O) groups is 1. The van der Waals surface area contributed by atoms with E-state index in [1.165, 1.54) is 0 Å². The van der Waals surface area contributed by atoms with E-state index < -0.39 is 0 Å². The summed E-state index contributed by atoms with van der Waals surface area (Å²) in [6.45, 7) is 10.5. The fourth-order valence-electron chi connectivity index (χ4n) is 3.71. The number of nitrogens with zero attached hydrogens (tertiary/aromatic N) is 6. The lowest BCUT2D eigenvalue weighted by atomic mass is 10.1. The number of amides is 1. The van der Waals surface area contributed by atoms with Crippen molar-refractivity contribution in [2.75, 3.05) is 26.2 Å². The molecule has 2 aromatic heterocycles. The van der Waals surface area contributed by atoms with Crippen LogP contribution < -0.4 is 0 Å². The number of nitrogens with one attached hydrogen (secondary N) is 1. The van der Waals surface area contributed by atoms with Crippen LogP contribution >= 0.6 is 0 Å². The molecule has 8 nitrogen and oxygen atoms in total. The normalized spacial score (nSPS) is 15.1. The van der Waals surface area contributed by atoms with Crippen molar-refractivity contribution >= 4 is 5.91 Å². The van der Waals surface area contributed by atoms with Gasteiger partial charge in [-0.05, 0) is 44.5 Å². The van der Waals surface area contributed by atoms with E-state index in [2.05, 4.69) is 38.2 Å². The second-order valence-corrected chi connectivity index (χ2v) is 7.69. The zero-order chi connectivity index (χ0) is 20.4. The molecule has 0 aliphatic carbocycles. The predicted molar refractivity (Wildman–Crippen MR) is 110 cm³/mol. The largest absolute Gasteiger partial charge is 0.336 e. The topological polar surface area (TPSA) is 82.9 Å². The van der Waals surface area contributed by atoms with E-state index in [1.54, 1.807) is 0 Å². The van der Waals surface area contributed by atoms with Crippen molar-refractivity contribution in [3.05, 3.63) is 64.5 Å². The smallest absolute Gasteiger partial charge is 0.253 e. The molecule has 0 saturated carbocycles. The number of hydrogen-bond donors (Lipinski definition) is 1. The van der Waals surface area contributed by atoms with Crippen molar-refractivity contribution in [2.45, 2.75) is 33.9 Å². The molecule has 1 fully saturated rings. The maximum Gasteiger partial charge on any atom is 0.253 e. The summed E-state index contributed by atoms with van der Waals surface area (Å²) < 4.78 is 1.99. The zero-order valence-electron chi connectivity index (χ0n) is 17.2. The van der Waals surface area contributed by atoms with Crippen molar-refractivity contribution < 1.29 is 4.79 Å². The summed E-state index contributed by atoms with van der Waals surface area (Å²) in [6, 6.07) is 9.95. The van der Waals surface area contributed by atoms with Crippen molar-refractivity contribution in [3.8, 4) is 0 Å². The molecule has 29 heavy (non-hydrogen) atoms. The van der Waals surface area contributed by atoms with Gasteiger partial charge in [0.05, 0.1) is 18.8 Å². The van der Waals surface area contributed by atoms with E-state index in [0.29, 0.717) is 13.1 Å². The highest BCUT2D eigenvalue weighted by atomic mass is 16.2. The van der Waals surface area contributed by atoms with E-state index in [-0.39, 0.29) is 5.91 Å². The van der Waals surface area contributed by atoms with Crippen LogP contribution in [0.25, 0.3) is 0 Å². The van der Waals surface area contributed by atoms with Gasteiger partial charge in [0.2, 0.25) is 0 Å². The van der Waals surface area contributed by atoms with Gasteiger partial charge in [-0.15, -0.1) is 0 Å². The minimum Gasteiger partial charge on any atom is -0.336 e. The second kappa shape index (κ2) is 8.16. The molecule has 0 unspecified atom stereocenters. The molecule has 0 radical (unpaired) electrons. The van der Waals surface area contributed by atoms with Crippen LogP contribution in [0.5, 0.6) is 0 Å². The quantitative estimate of drug-likeness (QED) is 0.716. The summed E-state index contributed by atoms with van der Waals surface area (Å²) in [4.78, 5) is 21.4. The molecule has 1 aliphatic heterocycles. The van der Waals surface area contributed by atoms with Crippen molar-refractivity contribution in [1.29, 1.82) is 0 Å². The number of aromatic nitrogens is 5. The molecule has 1 N–H and O–H groups in total. The lowest BCUT2D eigenvalue weighted by Crippen LogP contribution is -2.48. The van der Waals surface area contributed by atoms with Gasteiger partial charge in [-0.3, -0.25) is 19.5 Å². The summed E-state index contributed by atoms with van der Waals surface area (Å²) in [5.74, 6) is 1.73. The van der Waals surface area contributed by atoms with Crippen LogP contribution in [0.15, 0.2) is 30.3 Å². The molecule has 3 heterocycles. The molecule has 1 aliphatic rings. The first-order valence-electron chi connectivity index (χ1n) is 9.97. The van der Waals surface area contributed by atoms with Crippen LogP contribution in [0.4, 0.5) is 0 Å². The maximum atomic E-state index is 12.9. The number of aryl methyl sites for hydroxylation is 3. The van der Waals surface area contributed by atoms with Crippen molar-refractivity contribution in [1.82, 2.24) is 34.8 Å². The summed E-state index contributed by atoms with van der Waals surface area (Å²) in [5, 5.41) is 11.6. The molecule has 1 amide bonds. The molecule has 3 aromatic rings. The van der Waals surface area contributed by atoms with E-state index in [0.717, 1.165) is 60.3 Å². The molecule has 8 heteroatoms. The average Bonchev–Trinajstić information content (AvgIpc) is 3.26.